The number of rotatable bonds is 5. The lowest BCUT2D eigenvalue weighted by atomic mass is 9.94. The lowest BCUT2D eigenvalue weighted by molar-refractivity contribution is -0.137. The highest BCUT2D eigenvalue weighted by molar-refractivity contribution is 6.31. The molecule has 1 aliphatic heterocycles. The number of hydrogen-bond acceptors (Lipinski definition) is 3. The molecule has 1 atom stereocenters. The fraction of sp³-hybridized carbons (Fsp3) is 0.115. The number of alkyl halides is 3. The maximum absolute atomic E-state index is 14.1. The first kappa shape index (κ1) is 25.4. The van der Waals surface area contributed by atoms with Gasteiger partial charge in [-0.15, -0.1) is 0 Å². The third kappa shape index (κ3) is 4.97. The molecule has 38 heavy (non-hydrogen) atoms. The second-order valence-corrected chi connectivity index (χ2v) is 8.97. The Morgan fingerprint density at radius 3 is 2.58 bits per heavy atom. The number of amides is 2. The highest BCUT2D eigenvalue weighted by atomic mass is 35.5. The largest absolute Gasteiger partial charge is 0.416 e. The number of benzene rings is 3. The quantitative estimate of drug-likeness (QED) is 0.303. The van der Waals surface area contributed by atoms with Crippen LogP contribution in [0.15, 0.2) is 67.0 Å². The van der Waals surface area contributed by atoms with Crippen LogP contribution < -0.4 is 10.6 Å². The zero-order valence-corrected chi connectivity index (χ0v) is 19.9. The van der Waals surface area contributed by atoms with Crippen LogP contribution in [0, 0.1) is 11.6 Å². The first-order valence-corrected chi connectivity index (χ1v) is 11.5. The molecule has 0 radical (unpaired) electrons. The molecule has 1 unspecified atom stereocenters. The number of hydrogen-bond donors (Lipinski definition) is 2. The SMILES string of the molecule is O=C(Nc1cc(Cn2cccn2)cc2c1C(c1cc(F)ccc1Cl)NC2=O)c1cc(F)cc(C(F)(F)F)c1. The van der Waals surface area contributed by atoms with E-state index >= 15 is 0 Å². The van der Waals surface area contributed by atoms with Gasteiger partial charge in [-0.05, 0) is 60.2 Å². The van der Waals surface area contributed by atoms with Gasteiger partial charge in [0.1, 0.15) is 11.6 Å². The van der Waals surface area contributed by atoms with Gasteiger partial charge in [-0.2, -0.15) is 18.3 Å². The number of anilines is 1. The zero-order valence-electron chi connectivity index (χ0n) is 19.1. The molecule has 0 saturated heterocycles. The van der Waals surface area contributed by atoms with Crippen molar-refractivity contribution in [2.75, 3.05) is 5.32 Å². The summed E-state index contributed by atoms with van der Waals surface area (Å²) in [4.78, 5) is 26.0. The van der Waals surface area contributed by atoms with Crippen molar-refractivity contribution in [3.05, 3.63) is 117 Å². The Morgan fingerprint density at radius 2 is 1.87 bits per heavy atom. The summed E-state index contributed by atoms with van der Waals surface area (Å²) in [6.45, 7) is 0.194. The van der Waals surface area contributed by atoms with Crippen LogP contribution >= 0.6 is 11.6 Å². The van der Waals surface area contributed by atoms with Crippen molar-refractivity contribution < 1.29 is 31.5 Å². The number of nitrogens with zero attached hydrogens (tertiary/aromatic N) is 2. The molecule has 194 valence electrons. The minimum atomic E-state index is -4.88. The van der Waals surface area contributed by atoms with E-state index < -0.39 is 46.8 Å². The van der Waals surface area contributed by atoms with Gasteiger partial charge in [-0.1, -0.05) is 11.6 Å². The van der Waals surface area contributed by atoms with Crippen molar-refractivity contribution in [1.82, 2.24) is 15.1 Å². The van der Waals surface area contributed by atoms with Crippen molar-refractivity contribution in [2.24, 2.45) is 0 Å². The monoisotopic (exact) mass is 546 g/mol. The van der Waals surface area contributed by atoms with Crippen LogP contribution in [0.4, 0.5) is 27.6 Å². The minimum absolute atomic E-state index is 0.0520. The number of carbonyl (C=O) groups is 2. The maximum atomic E-state index is 14.1. The molecule has 4 aromatic rings. The van der Waals surface area contributed by atoms with Crippen LogP contribution in [0.2, 0.25) is 5.02 Å². The van der Waals surface area contributed by atoms with Crippen LogP contribution in [0.3, 0.4) is 0 Å². The second-order valence-electron chi connectivity index (χ2n) is 8.56. The number of carbonyl (C=O) groups excluding carboxylic acids is 2. The van der Waals surface area contributed by atoms with Gasteiger partial charge in [0, 0.05) is 45.4 Å². The average Bonchev–Trinajstić information content (AvgIpc) is 3.47. The van der Waals surface area contributed by atoms with Crippen molar-refractivity contribution in [2.45, 2.75) is 18.8 Å². The maximum Gasteiger partial charge on any atom is 0.416 e. The van der Waals surface area contributed by atoms with Gasteiger partial charge < -0.3 is 10.6 Å². The lowest BCUT2D eigenvalue weighted by Crippen LogP contribution is -2.21. The third-order valence-electron chi connectivity index (χ3n) is 5.96. The summed E-state index contributed by atoms with van der Waals surface area (Å²) >= 11 is 6.28. The molecule has 0 spiro atoms. The molecule has 2 heterocycles. The smallest absolute Gasteiger partial charge is 0.341 e. The predicted molar refractivity (Wildman–Crippen MR) is 128 cm³/mol. The van der Waals surface area contributed by atoms with Crippen LogP contribution in [0.25, 0.3) is 0 Å². The van der Waals surface area contributed by atoms with E-state index in [1.165, 1.54) is 12.1 Å². The molecule has 0 bridgehead atoms. The van der Waals surface area contributed by atoms with Gasteiger partial charge in [-0.25, -0.2) is 8.78 Å². The molecular formula is C26H16ClF5N4O2. The van der Waals surface area contributed by atoms with Gasteiger partial charge in [0.25, 0.3) is 11.8 Å². The molecule has 2 amide bonds. The Kier molecular flexibility index (Phi) is 6.39. The second kappa shape index (κ2) is 9.56. The number of nitrogens with one attached hydrogen (secondary N) is 2. The highest BCUT2D eigenvalue weighted by Crippen LogP contribution is 2.40. The summed E-state index contributed by atoms with van der Waals surface area (Å²) in [6, 6.07) is 8.85. The number of halogens is 6. The minimum Gasteiger partial charge on any atom is -0.341 e. The van der Waals surface area contributed by atoms with Crippen molar-refractivity contribution >= 4 is 29.1 Å². The van der Waals surface area contributed by atoms with Gasteiger partial charge >= 0.3 is 6.18 Å². The Balaban J connectivity index is 1.61. The van der Waals surface area contributed by atoms with E-state index in [1.54, 1.807) is 29.2 Å². The van der Waals surface area contributed by atoms with Gasteiger partial charge in [0.05, 0.1) is 18.2 Å². The summed E-state index contributed by atoms with van der Waals surface area (Å²) < 4.78 is 69.2. The molecule has 2 N–H and O–H groups in total. The van der Waals surface area contributed by atoms with E-state index in [2.05, 4.69) is 15.7 Å². The molecular weight excluding hydrogens is 531 g/mol. The van der Waals surface area contributed by atoms with E-state index in [1.807, 2.05) is 0 Å². The zero-order chi connectivity index (χ0) is 27.2. The summed E-state index contributed by atoms with van der Waals surface area (Å²) in [7, 11) is 0. The molecule has 0 aliphatic carbocycles. The Bertz CT molecular complexity index is 1570. The predicted octanol–water partition coefficient (Wildman–Crippen LogP) is 5.97. The van der Waals surface area contributed by atoms with Crippen LogP contribution in [-0.4, -0.2) is 21.6 Å². The molecule has 6 nitrogen and oxygen atoms in total. The number of aromatic nitrogens is 2. The Morgan fingerprint density at radius 1 is 1.08 bits per heavy atom. The fourth-order valence-electron chi connectivity index (χ4n) is 4.32. The van der Waals surface area contributed by atoms with E-state index in [4.69, 9.17) is 11.6 Å². The van der Waals surface area contributed by atoms with Gasteiger partial charge in [0.15, 0.2) is 0 Å². The van der Waals surface area contributed by atoms with Crippen molar-refractivity contribution in [3.8, 4) is 0 Å². The topological polar surface area (TPSA) is 76.0 Å². The summed E-state index contributed by atoms with van der Waals surface area (Å²) in [6.07, 6.45) is -1.66. The first-order valence-electron chi connectivity index (χ1n) is 11.1. The fourth-order valence-corrected chi connectivity index (χ4v) is 4.54. The van der Waals surface area contributed by atoms with Crippen molar-refractivity contribution in [3.63, 3.8) is 0 Å². The summed E-state index contributed by atoms with van der Waals surface area (Å²) in [5.74, 6) is -3.44. The molecule has 3 aromatic carbocycles. The van der Waals surface area contributed by atoms with E-state index in [0.29, 0.717) is 17.7 Å². The first-order chi connectivity index (χ1) is 18.0. The van der Waals surface area contributed by atoms with Gasteiger partial charge in [-0.3, -0.25) is 14.3 Å². The summed E-state index contributed by atoms with van der Waals surface area (Å²) in [5.41, 5.74) is -0.754. The molecule has 1 aliphatic rings. The van der Waals surface area contributed by atoms with Crippen LogP contribution in [0.1, 0.15) is 49.0 Å². The number of fused-ring (bicyclic) bond motifs is 1. The molecule has 0 saturated carbocycles. The highest BCUT2D eigenvalue weighted by Gasteiger charge is 2.35. The Hall–Kier alpha value is -4.25. The van der Waals surface area contributed by atoms with Crippen molar-refractivity contribution in [1.29, 1.82) is 0 Å². The molecule has 5 rings (SSSR count). The normalized spacial score (nSPS) is 14.8. The standard InChI is InChI=1S/C26H16ClF5N4O2/c27-20-3-2-16(28)11-18(20)23-22-19(25(38)35-23)6-13(12-36-5-1-4-33-36)7-21(22)34-24(37)14-8-15(26(30,31)32)10-17(29)9-14/h1-11,23H,12H2,(H,34,37)(H,35,38). The van der Waals surface area contributed by atoms with E-state index in [9.17, 15) is 31.5 Å². The van der Waals surface area contributed by atoms with Gasteiger partial charge in [0.2, 0.25) is 0 Å². The summed E-state index contributed by atoms with van der Waals surface area (Å²) in [5, 5.41) is 9.47. The van der Waals surface area contributed by atoms with E-state index in [-0.39, 0.29) is 40.0 Å². The molecule has 12 heteroatoms. The van der Waals surface area contributed by atoms with E-state index in [0.717, 1.165) is 12.1 Å². The van der Waals surface area contributed by atoms with Crippen LogP contribution in [0.5, 0.6) is 0 Å². The molecule has 1 aromatic heterocycles. The average molecular weight is 547 g/mol. The Labute approximate surface area is 217 Å². The molecule has 0 fully saturated rings. The third-order valence-corrected chi connectivity index (χ3v) is 6.30. The van der Waals surface area contributed by atoms with Crippen LogP contribution in [-0.2, 0) is 12.7 Å². The lowest BCUT2D eigenvalue weighted by Gasteiger charge is -2.19.